The first-order valence-corrected chi connectivity index (χ1v) is 6.80. The fourth-order valence-corrected chi connectivity index (χ4v) is 2.58. The van der Waals surface area contributed by atoms with Crippen LogP contribution in [0.4, 0.5) is 0 Å². The summed E-state index contributed by atoms with van der Waals surface area (Å²) in [7, 11) is -2.58. The van der Waals surface area contributed by atoms with Gasteiger partial charge >= 0.3 is 5.97 Å². The van der Waals surface area contributed by atoms with Gasteiger partial charge in [0.05, 0.1) is 38.0 Å². The minimum atomic E-state index is -3.75. The zero-order valence-electron chi connectivity index (χ0n) is 9.97. The summed E-state index contributed by atoms with van der Waals surface area (Å²) in [5.41, 5.74) is -1.28. The minimum absolute atomic E-state index is 0.234. The number of sulfonamides is 1. The van der Waals surface area contributed by atoms with Crippen LogP contribution in [0.15, 0.2) is 0 Å². The van der Waals surface area contributed by atoms with Gasteiger partial charge in [-0.25, -0.2) is 13.1 Å². The second kappa shape index (κ2) is 6.90. The van der Waals surface area contributed by atoms with Gasteiger partial charge in [0, 0.05) is 0 Å². The minimum Gasteiger partial charge on any atom is -0.469 e. The summed E-state index contributed by atoms with van der Waals surface area (Å²) in [4.78, 5) is 10.8. The molecule has 0 heterocycles. The molecular weight excluding hydrogens is 250 g/mol. The van der Waals surface area contributed by atoms with Gasteiger partial charge in [0.15, 0.2) is 0 Å². The van der Waals surface area contributed by atoms with E-state index in [-0.39, 0.29) is 12.8 Å². The van der Waals surface area contributed by atoms with Crippen molar-refractivity contribution < 1.29 is 28.2 Å². The molecule has 0 aromatic carbocycles. The van der Waals surface area contributed by atoms with E-state index in [1.165, 1.54) is 7.11 Å². The largest absolute Gasteiger partial charge is 0.469 e. The van der Waals surface area contributed by atoms with Gasteiger partial charge < -0.3 is 14.9 Å². The van der Waals surface area contributed by atoms with E-state index in [9.17, 15) is 13.2 Å². The number of ether oxygens (including phenoxy) is 1. The van der Waals surface area contributed by atoms with Gasteiger partial charge in [-0.05, 0) is 6.42 Å². The molecule has 102 valence electrons. The van der Waals surface area contributed by atoms with Crippen molar-refractivity contribution in [2.45, 2.75) is 25.3 Å². The SMILES string of the molecule is CCC(CO)(CO)NS(=O)(=O)CCC(=O)OC. The first kappa shape index (κ1) is 16.3. The van der Waals surface area contributed by atoms with E-state index >= 15 is 0 Å². The maximum atomic E-state index is 11.6. The third-order valence-electron chi connectivity index (χ3n) is 2.46. The van der Waals surface area contributed by atoms with Crippen LogP contribution in [0, 0.1) is 0 Å². The normalized spacial score (nSPS) is 12.5. The molecule has 8 heteroatoms. The number of aliphatic hydroxyl groups is 2. The highest BCUT2D eigenvalue weighted by Gasteiger charge is 2.31. The predicted octanol–water partition coefficient (Wildman–Crippen LogP) is -1.40. The molecule has 0 bridgehead atoms. The number of carbonyl (C=O) groups is 1. The van der Waals surface area contributed by atoms with Crippen LogP contribution in [-0.2, 0) is 19.6 Å². The number of rotatable bonds is 8. The molecule has 0 atom stereocenters. The molecule has 0 spiro atoms. The van der Waals surface area contributed by atoms with Crippen molar-refractivity contribution in [1.82, 2.24) is 4.72 Å². The zero-order valence-corrected chi connectivity index (χ0v) is 10.8. The van der Waals surface area contributed by atoms with Crippen LogP contribution in [0.1, 0.15) is 19.8 Å². The van der Waals surface area contributed by atoms with Crippen LogP contribution < -0.4 is 4.72 Å². The first-order valence-electron chi connectivity index (χ1n) is 5.15. The molecule has 3 N–H and O–H groups in total. The Hall–Kier alpha value is -0.700. The average Bonchev–Trinajstić information content (AvgIpc) is 2.33. The number of esters is 1. The molecule has 0 fully saturated rings. The van der Waals surface area contributed by atoms with E-state index < -0.39 is 40.5 Å². The third-order valence-corrected chi connectivity index (χ3v) is 3.94. The molecule has 0 rings (SSSR count). The van der Waals surface area contributed by atoms with E-state index in [1.54, 1.807) is 6.92 Å². The second-order valence-electron chi connectivity index (χ2n) is 3.70. The lowest BCUT2D eigenvalue weighted by atomic mass is 10.0. The van der Waals surface area contributed by atoms with Gasteiger partial charge in [-0.1, -0.05) is 6.92 Å². The molecule has 17 heavy (non-hydrogen) atoms. The number of hydrogen-bond donors (Lipinski definition) is 3. The Morgan fingerprint density at radius 3 is 2.24 bits per heavy atom. The second-order valence-corrected chi connectivity index (χ2v) is 5.54. The van der Waals surface area contributed by atoms with Gasteiger partial charge in [-0.15, -0.1) is 0 Å². The standard InChI is InChI=1S/C9H19NO6S/c1-3-9(6-11,7-12)10-17(14,15)5-4-8(13)16-2/h10-12H,3-7H2,1-2H3. The molecule has 0 saturated heterocycles. The Morgan fingerprint density at radius 2 is 1.88 bits per heavy atom. The van der Waals surface area contributed by atoms with Crippen molar-refractivity contribution in [1.29, 1.82) is 0 Å². The predicted molar refractivity (Wildman–Crippen MR) is 60.7 cm³/mol. The van der Waals surface area contributed by atoms with Crippen LogP contribution in [0.3, 0.4) is 0 Å². The summed E-state index contributed by atoms with van der Waals surface area (Å²) < 4.78 is 29.7. The van der Waals surface area contributed by atoms with Crippen LogP contribution in [0.2, 0.25) is 0 Å². The summed E-state index contributed by atoms with van der Waals surface area (Å²) >= 11 is 0. The quantitative estimate of drug-likeness (QED) is 0.467. The summed E-state index contributed by atoms with van der Waals surface area (Å²) in [6.45, 7) is 0.601. The van der Waals surface area contributed by atoms with Crippen molar-refractivity contribution >= 4 is 16.0 Å². The molecule has 0 aliphatic heterocycles. The lowest BCUT2D eigenvalue weighted by Gasteiger charge is -2.29. The average molecular weight is 269 g/mol. The number of carbonyl (C=O) groups excluding carboxylic acids is 1. The Balaban J connectivity index is 4.57. The Labute approximate surface area is 101 Å². The fraction of sp³-hybridized carbons (Fsp3) is 0.889. The van der Waals surface area contributed by atoms with Gasteiger partial charge in [0.1, 0.15) is 0 Å². The van der Waals surface area contributed by atoms with Crippen LogP contribution in [0.25, 0.3) is 0 Å². The summed E-state index contributed by atoms with van der Waals surface area (Å²) in [6.07, 6.45) is -0.0417. The van der Waals surface area contributed by atoms with Crippen molar-refractivity contribution in [2.75, 3.05) is 26.1 Å². The Kier molecular flexibility index (Phi) is 6.61. The van der Waals surface area contributed by atoms with Crippen LogP contribution in [0.5, 0.6) is 0 Å². The summed E-state index contributed by atoms with van der Waals surface area (Å²) in [6, 6.07) is 0. The first-order chi connectivity index (χ1) is 7.84. The van der Waals surface area contributed by atoms with Gasteiger partial charge in [0.25, 0.3) is 0 Å². The molecule has 0 aromatic rings. The number of hydrogen-bond acceptors (Lipinski definition) is 6. The molecule has 0 saturated carbocycles. The maximum absolute atomic E-state index is 11.6. The maximum Gasteiger partial charge on any atom is 0.306 e. The number of nitrogens with one attached hydrogen (secondary N) is 1. The molecule has 0 amide bonds. The van der Waals surface area contributed by atoms with Gasteiger partial charge in [0.2, 0.25) is 10.0 Å². The number of methoxy groups -OCH3 is 1. The zero-order chi connectivity index (χ0) is 13.5. The monoisotopic (exact) mass is 269 g/mol. The molecule has 0 aliphatic carbocycles. The van der Waals surface area contributed by atoms with Crippen LogP contribution >= 0.6 is 0 Å². The highest BCUT2D eigenvalue weighted by Crippen LogP contribution is 2.10. The van der Waals surface area contributed by atoms with Crippen molar-refractivity contribution in [3.8, 4) is 0 Å². The lowest BCUT2D eigenvalue weighted by Crippen LogP contribution is -2.54. The summed E-state index contributed by atoms with van der Waals surface area (Å²) in [5.74, 6) is -1.08. The molecular formula is C9H19NO6S. The van der Waals surface area contributed by atoms with Crippen molar-refractivity contribution in [3.05, 3.63) is 0 Å². The molecule has 0 aliphatic rings. The van der Waals surface area contributed by atoms with Gasteiger partial charge in [-0.3, -0.25) is 4.79 Å². The molecule has 0 radical (unpaired) electrons. The van der Waals surface area contributed by atoms with Crippen molar-refractivity contribution in [2.24, 2.45) is 0 Å². The molecule has 0 unspecified atom stereocenters. The fourth-order valence-electron chi connectivity index (χ4n) is 1.11. The Morgan fingerprint density at radius 1 is 1.35 bits per heavy atom. The lowest BCUT2D eigenvalue weighted by molar-refractivity contribution is -0.140. The molecule has 7 nitrogen and oxygen atoms in total. The topological polar surface area (TPSA) is 113 Å². The molecule has 0 aromatic heterocycles. The number of aliphatic hydroxyl groups excluding tert-OH is 2. The Bertz CT molecular complexity index is 327. The van der Waals surface area contributed by atoms with E-state index in [0.29, 0.717) is 0 Å². The van der Waals surface area contributed by atoms with E-state index in [0.717, 1.165) is 0 Å². The van der Waals surface area contributed by atoms with E-state index in [4.69, 9.17) is 10.2 Å². The van der Waals surface area contributed by atoms with Crippen molar-refractivity contribution in [3.63, 3.8) is 0 Å². The van der Waals surface area contributed by atoms with Gasteiger partial charge in [-0.2, -0.15) is 0 Å². The highest BCUT2D eigenvalue weighted by molar-refractivity contribution is 7.89. The smallest absolute Gasteiger partial charge is 0.306 e. The highest BCUT2D eigenvalue weighted by atomic mass is 32.2. The van der Waals surface area contributed by atoms with E-state index in [1.807, 2.05) is 0 Å². The van der Waals surface area contributed by atoms with E-state index in [2.05, 4.69) is 9.46 Å². The summed E-state index contributed by atoms with van der Waals surface area (Å²) in [5, 5.41) is 18.2. The van der Waals surface area contributed by atoms with Crippen LogP contribution in [-0.4, -0.2) is 56.2 Å². The third kappa shape index (κ3) is 5.44.